The molecule has 1 amide bonds. The summed E-state index contributed by atoms with van der Waals surface area (Å²) >= 11 is 6.00. The summed E-state index contributed by atoms with van der Waals surface area (Å²) < 4.78 is 5.36. The topological polar surface area (TPSA) is 66.8 Å². The Morgan fingerprint density at radius 1 is 1.29 bits per heavy atom. The first-order valence-corrected chi connectivity index (χ1v) is 8.45. The summed E-state index contributed by atoms with van der Waals surface area (Å²) in [6.45, 7) is 6.20. The maximum atomic E-state index is 12.1. The second-order valence-electron chi connectivity index (χ2n) is 7.36. The molecule has 0 spiro atoms. The molecule has 1 aromatic carbocycles. The quantitative estimate of drug-likeness (QED) is 0.892. The number of nitrogens with zero attached hydrogens (tertiary/aromatic N) is 1. The molecule has 1 aromatic rings. The molecule has 1 aliphatic heterocycles. The van der Waals surface area contributed by atoms with E-state index in [4.69, 9.17) is 16.3 Å². The summed E-state index contributed by atoms with van der Waals surface area (Å²) in [6.07, 6.45) is 0.817. The van der Waals surface area contributed by atoms with Crippen molar-refractivity contribution in [2.75, 3.05) is 13.1 Å². The minimum Gasteiger partial charge on any atom is -0.481 e. The van der Waals surface area contributed by atoms with E-state index in [1.807, 2.05) is 32.9 Å². The van der Waals surface area contributed by atoms with Crippen LogP contribution in [-0.4, -0.2) is 40.8 Å². The largest absolute Gasteiger partial charge is 0.481 e. The number of carboxylic acid groups (broad SMARTS) is 1. The third kappa shape index (κ3) is 4.63. The number of carboxylic acids is 1. The predicted molar refractivity (Wildman–Crippen MR) is 92.3 cm³/mol. The van der Waals surface area contributed by atoms with Crippen LogP contribution in [-0.2, 0) is 16.0 Å². The Balaban J connectivity index is 2.06. The Morgan fingerprint density at radius 2 is 1.92 bits per heavy atom. The SMILES string of the molecule is CC(C)(C)OC(=O)N1CCC(Cc2cccc(Cl)c2)(C(=O)O)CC1. The number of piperidine rings is 1. The molecule has 1 fully saturated rings. The maximum absolute atomic E-state index is 12.1. The summed E-state index contributed by atoms with van der Waals surface area (Å²) in [5.41, 5.74) is -0.529. The van der Waals surface area contributed by atoms with Gasteiger partial charge in [0.05, 0.1) is 5.41 Å². The third-order valence-corrected chi connectivity index (χ3v) is 4.49. The van der Waals surface area contributed by atoms with Crippen molar-refractivity contribution in [2.24, 2.45) is 5.41 Å². The molecular weight excluding hydrogens is 330 g/mol. The third-order valence-electron chi connectivity index (χ3n) is 4.26. The van der Waals surface area contributed by atoms with Gasteiger partial charge in [-0.1, -0.05) is 23.7 Å². The summed E-state index contributed by atoms with van der Waals surface area (Å²) in [7, 11) is 0. The molecule has 6 heteroatoms. The van der Waals surface area contributed by atoms with Gasteiger partial charge in [0.2, 0.25) is 0 Å². The standard InChI is InChI=1S/C18H24ClNO4/c1-17(2,3)24-16(23)20-9-7-18(8-10-20,15(21)22)12-13-5-4-6-14(19)11-13/h4-6,11H,7-10,12H2,1-3H3,(H,21,22). The van der Waals surface area contributed by atoms with Crippen molar-refractivity contribution in [1.82, 2.24) is 4.90 Å². The molecular formula is C18H24ClNO4. The molecule has 1 aliphatic rings. The van der Waals surface area contributed by atoms with Crippen LogP contribution in [0.1, 0.15) is 39.2 Å². The van der Waals surface area contributed by atoms with Gasteiger partial charge in [-0.25, -0.2) is 4.79 Å². The van der Waals surface area contributed by atoms with Crippen LogP contribution in [0.2, 0.25) is 5.02 Å². The molecule has 1 saturated heterocycles. The van der Waals surface area contributed by atoms with E-state index < -0.39 is 17.0 Å². The molecule has 24 heavy (non-hydrogen) atoms. The Kier molecular flexibility index (Phi) is 5.43. The highest BCUT2D eigenvalue weighted by molar-refractivity contribution is 6.30. The van der Waals surface area contributed by atoms with Crippen molar-refractivity contribution in [3.8, 4) is 0 Å². The van der Waals surface area contributed by atoms with Crippen LogP contribution in [0.3, 0.4) is 0 Å². The van der Waals surface area contributed by atoms with E-state index in [9.17, 15) is 14.7 Å². The smallest absolute Gasteiger partial charge is 0.410 e. The highest BCUT2D eigenvalue weighted by Crippen LogP contribution is 2.36. The van der Waals surface area contributed by atoms with E-state index >= 15 is 0 Å². The van der Waals surface area contributed by atoms with Crippen molar-refractivity contribution in [1.29, 1.82) is 0 Å². The Morgan fingerprint density at radius 3 is 2.42 bits per heavy atom. The van der Waals surface area contributed by atoms with E-state index in [1.165, 1.54) is 0 Å². The molecule has 0 aliphatic carbocycles. The minimum atomic E-state index is -0.872. The molecule has 0 bridgehead atoms. The first-order valence-electron chi connectivity index (χ1n) is 8.07. The normalized spacial score (nSPS) is 17.4. The molecule has 2 rings (SSSR count). The molecule has 5 nitrogen and oxygen atoms in total. The van der Waals surface area contributed by atoms with Crippen LogP contribution in [0.4, 0.5) is 4.79 Å². The van der Waals surface area contributed by atoms with Gasteiger partial charge in [-0.05, 0) is 57.7 Å². The van der Waals surface area contributed by atoms with Crippen molar-refractivity contribution in [3.05, 3.63) is 34.9 Å². The van der Waals surface area contributed by atoms with Gasteiger partial charge in [-0.15, -0.1) is 0 Å². The number of carbonyl (C=O) groups is 2. The van der Waals surface area contributed by atoms with Crippen LogP contribution in [0.15, 0.2) is 24.3 Å². The number of rotatable bonds is 3. The lowest BCUT2D eigenvalue weighted by molar-refractivity contribution is -0.152. The first kappa shape index (κ1) is 18.6. The number of benzene rings is 1. The summed E-state index contributed by atoms with van der Waals surface area (Å²) in [4.78, 5) is 25.6. The van der Waals surface area contributed by atoms with Crippen LogP contribution in [0.25, 0.3) is 0 Å². The van der Waals surface area contributed by atoms with E-state index in [-0.39, 0.29) is 6.09 Å². The lowest BCUT2D eigenvalue weighted by Crippen LogP contribution is -2.48. The second-order valence-corrected chi connectivity index (χ2v) is 7.80. The fraction of sp³-hybridized carbons (Fsp3) is 0.556. The molecule has 0 aromatic heterocycles. The number of aliphatic carboxylic acids is 1. The average molecular weight is 354 g/mol. The molecule has 0 unspecified atom stereocenters. The second kappa shape index (κ2) is 7.01. The summed E-state index contributed by atoms with van der Waals surface area (Å²) in [5, 5.41) is 10.4. The van der Waals surface area contributed by atoms with Gasteiger partial charge in [0.25, 0.3) is 0 Å². The van der Waals surface area contributed by atoms with Crippen molar-refractivity contribution in [3.63, 3.8) is 0 Å². The zero-order valence-corrected chi connectivity index (χ0v) is 15.1. The number of hydrogen-bond acceptors (Lipinski definition) is 3. The minimum absolute atomic E-state index is 0.377. The van der Waals surface area contributed by atoms with Crippen LogP contribution in [0.5, 0.6) is 0 Å². The lowest BCUT2D eigenvalue weighted by atomic mass is 9.74. The van der Waals surface area contributed by atoms with E-state index in [0.717, 1.165) is 5.56 Å². The highest BCUT2D eigenvalue weighted by atomic mass is 35.5. The molecule has 0 radical (unpaired) electrons. The predicted octanol–water partition coefficient (Wildman–Crippen LogP) is 3.98. The monoisotopic (exact) mass is 353 g/mol. The summed E-state index contributed by atoms with van der Waals surface area (Å²) in [5.74, 6) is -0.827. The number of likely N-dealkylation sites (tertiary alicyclic amines) is 1. The van der Waals surface area contributed by atoms with Gasteiger partial charge >= 0.3 is 12.1 Å². The fourth-order valence-corrected chi connectivity index (χ4v) is 3.16. The number of amides is 1. The van der Waals surface area contributed by atoms with Crippen molar-refractivity contribution >= 4 is 23.7 Å². The van der Waals surface area contributed by atoms with Gasteiger partial charge in [0.1, 0.15) is 5.60 Å². The lowest BCUT2D eigenvalue weighted by Gasteiger charge is -2.39. The number of carbonyl (C=O) groups excluding carboxylic acids is 1. The molecule has 1 N–H and O–H groups in total. The van der Waals surface area contributed by atoms with E-state index in [1.54, 1.807) is 17.0 Å². The molecule has 0 atom stereocenters. The van der Waals surface area contributed by atoms with Gasteiger partial charge < -0.3 is 14.7 Å². The van der Waals surface area contributed by atoms with Crippen LogP contribution >= 0.6 is 11.6 Å². The summed E-state index contributed by atoms with van der Waals surface area (Å²) in [6, 6.07) is 7.27. The Labute approximate surface area is 147 Å². The maximum Gasteiger partial charge on any atom is 0.410 e. The van der Waals surface area contributed by atoms with Crippen LogP contribution < -0.4 is 0 Å². The fourth-order valence-electron chi connectivity index (χ4n) is 2.95. The molecule has 0 saturated carbocycles. The molecule has 132 valence electrons. The number of ether oxygens (including phenoxy) is 1. The highest BCUT2D eigenvalue weighted by Gasteiger charge is 2.43. The van der Waals surface area contributed by atoms with E-state index in [2.05, 4.69) is 0 Å². The van der Waals surface area contributed by atoms with Crippen molar-refractivity contribution in [2.45, 2.75) is 45.6 Å². The van der Waals surface area contributed by atoms with Crippen molar-refractivity contribution < 1.29 is 19.4 Å². The zero-order valence-electron chi connectivity index (χ0n) is 14.3. The van der Waals surface area contributed by atoms with E-state index in [0.29, 0.717) is 37.4 Å². The van der Waals surface area contributed by atoms with Gasteiger partial charge in [-0.2, -0.15) is 0 Å². The van der Waals surface area contributed by atoms with Gasteiger partial charge in [-0.3, -0.25) is 4.79 Å². The van der Waals surface area contributed by atoms with Gasteiger partial charge in [0, 0.05) is 18.1 Å². The first-order chi connectivity index (χ1) is 11.1. The number of halogens is 1. The Hall–Kier alpha value is -1.75. The Bertz CT molecular complexity index is 616. The number of hydrogen-bond donors (Lipinski definition) is 1. The van der Waals surface area contributed by atoms with Gasteiger partial charge in [0.15, 0.2) is 0 Å². The zero-order chi connectivity index (χ0) is 18.0. The van der Waals surface area contributed by atoms with Crippen LogP contribution in [0, 0.1) is 5.41 Å². The molecule has 1 heterocycles. The average Bonchev–Trinajstić information content (AvgIpc) is 2.46.